The van der Waals surface area contributed by atoms with Crippen LogP contribution < -0.4 is 0 Å². The molecule has 1 N–H and O–H groups in total. The van der Waals surface area contributed by atoms with Crippen LogP contribution >= 0.6 is 0 Å². The number of carbonyl (C=O) groups is 1. The first-order valence-electron chi connectivity index (χ1n) is 11.2. The molecule has 0 spiro atoms. The van der Waals surface area contributed by atoms with Crippen molar-refractivity contribution in [3.8, 4) is 16.8 Å². The Morgan fingerprint density at radius 2 is 1.88 bits per heavy atom. The first-order chi connectivity index (χ1) is 15.6. The molecule has 32 heavy (non-hydrogen) atoms. The van der Waals surface area contributed by atoms with Crippen LogP contribution in [-0.2, 0) is 11.2 Å². The van der Waals surface area contributed by atoms with Gasteiger partial charge in [0.1, 0.15) is 5.82 Å². The number of aliphatic hydroxyl groups excluding tert-OH is 1. The summed E-state index contributed by atoms with van der Waals surface area (Å²) in [7, 11) is 0. The lowest BCUT2D eigenvalue weighted by molar-refractivity contribution is -0.0676. The van der Waals surface area contributed by atoms with E-state index in [1.54, 1.807) is 6.20 Å². The molecule has 5 rings (SSSR count). The Labute approximate surface area is 187 Å². The molecule has 1 amide bonds. The molecule has 1 aromatic heterocycles. The van der Waals surface area contributed by atoms with Gasteiger partial charge in [0.2, 0.25) is 0 Å². The highest BCUT2D eigenvalue weighted by atomic mass is 16.6. The number of hydrogen-bond acceptors (Lipinski definition) is 4. The van der Waals surface area contributed by atoms with Gasteiger partial charge in [-0.3, -0.25) is 4.79 Å². The van der Waals surface area contributed by atoms with Gasteiger partial charge in [-0.25, -0.2) is 4.98 Å². The maximum Gasteiger partial charge on any atom is 0.253 e. The summed E-state index contributed by atoms with van der Waals surface area (Å²) >= 11 is 0. The van der Waals surface area contributed by atoms with E-state index >= 15 is 0 Å². The molecule has 2 aliphatic rings. The first kappa shape index (κ1) is 20.7. The summed E-state index contributed by atoms with van der Waals surface area (Å²) in [6.07, 6.45) is 7.45. The van der Waals surface area contributed by atoms with Gasteiger partial charge in [0.05, 0.1) is 5.69 Å². The van der Waals surface area contributed by atoms with E-state index in [9.17, 15) is 9.90 Å². The monoisotopic (exact) mass is 429 g/mol. The minimum atomic E-state index is -0.962. The molecule has 1 fully saturated rings. The molecule has 1 unspecified atom stereocenters. The van der Waals surface area contributed by atoms with E-state index in [4.69, 9.17) is 4.74 Å². The van der Waals surface area contributed by atoms with Gasteiger partial charge in [-0.15, -0.1) is 0 Å². The van der Waals surface area contributed by atoms with E-state index in [0.29, 0.717) is 13.0 Å². The Hall–Kier alpha value is -3.22. The molecule has 3 aromatic rings. The molecule has 0 aliphatic carbocycles. The van der Waals surface area contributed by atoms with E-state index in [1.165, 1.54) is 0 Å². The highest BCUT2D eigenvalue weighted by Gasteiger charge is 2.21. The Balaban J connectivity index is 1.49. The minimum Gasteiger partial charge on any atom is -0.364 e. The molecule has 0 saturated carbocycles. The molecular formula is C26H27N3O3. The van der Waals surface area contributed by atoms with Crippen molar-refractivity contribution in [2.45, 2.75) is 32.5 Å². The van der Waals surface area contributed by atoms with Crippen molar-refractivity contribution in [1.29, 1.82) is 0 Å². The molecule has 164 valence electrons. The summed E-state index contributed by atoms with van der Waals surface area (Å²) in [4.78, 5) is 19.0. The van der Waals surface area contributed by atoms with Crippen molar-refractivity contribution in [3.63, 3.8) is 0 Å². The van der Waals surface area contributed by atoms with E-state index in [2.05, 4.69) is 27.8 Å². The number of carbonyl (C=O) groups excluding carboxylic acids is 1. The quantitative estimate of drug-likeness (QED) is 0.621. The number of likely N-dealkylation sites (tertiary alicyclic amines) is 1. The van der Waals surface area contributed by atoms with Gasteiger partial charge in [-0.1, -0.05) is 18.2 Å². The predicted molar refractivity (Wildman–Crippen MR) is 123 cm³/mol. The number of aliphatic hydroxyl groups is 1. The molecule has 6 nitrogen and oxygen atoms in total. The molecule has 0 radical (unpaired) electrons. The van der Waals surface area contributed by atoms with Crippen molar-refractivity contribution >= 4 is 12.0 Å². The Kier molecular flexibility index (Phi) is 5.64. The van der Waals surface area contributed by atoms with Crippen molar-refractivity contribution in [1.82, 2.24) is 14.5 Å². The molecule has 1 saturated heterocycles. The summed E-state index contributed by atoms with van der Waals surface area (Å²) < 4.78 is 7.51. The number of aromatic nitrogens is 2. The largest absolute Gasteiger partial charge is 0.364 e. The number of hydrogen-bond donors (Lipinski definition) is 1. The number of benzene rings is 2. The van der Waals surface area contributed by atoms with Gasteiger partial charge >= 0.3 is 0 Å². The molecule has 1 atom stereocenters. The van der Waals surface area contributed by atoms with E-state index in [-0.39, 0.29) is 5.91 Å². The maximum absolute atomic E-state index is 12.6. The number of imidazole rings is 1. The van der Waals surface area contributed by atoms with Crippen LogP contribution in [-0.4, -0.2) is 51.5 Å². The van der Waals surface area contributed by atoms with E-state index < -0.39 is 6.29 Å². The zero-order valence-electron chi connectivity index (χ0n) is 18.2. The maximum atomic E-state index is 12.6. The lowest BCUT2D eigenvalue weighted by Gasteiger charge is -2.15. The number of ether oxygens (including phenoxy) is 1. The Bertz CT molecular complexity index is 1160. The van der Waals surface area contributed by atoms with Gasteiger partial charge < -0.3 is 19.3 Å². The average Bonchev–Trinajstić information content (AvgIpc) is 3.49. The Morgan fingerprint density at radius 3 is 2.62 bits per heavy atom. The third-order valence-electron chi connectivity index (χ3n) is 6.21. The minimum absolute atomic E-state index is 0.112. The van der Waals surface area contributed by atoms with Crippen LogP contribution in [0.2, 0.25) is 0 Å². The fourth-order valence-corrected chi connectivity index (χ4v) is 4.52. The molecule has 2 aromatic carbocycles. The number of fused-ring (bicyclic) bond motifs is 3. The standard InChI is InChI=1S/C26H27N3O3/c1-2-32-26(31)22-16-21-15-20(9-10-23(21)29-14-11-27-24(29)17-22)18-5-7-19(8-6-18)25(30)28-12-3-4-13-28/h5-11,14-16,26,31H,2-4,12-13,17H2,1H3. The van der Waals surface area contributed by atoms with Crippen LogP contribution in [0.25, 0.3) is 22.9 Å². The van der Waals surface area contributed by atoms with Crippen LogP contribution in [0.5, 0.6) is 0 Å². The zero-order valence-corrected chi connectivity index (χ0v) is 18.2. The molecule has 2 aliphatic heterocycles. The second-order valence-corrected chi connectivity index (χ2v) is 8.27. The average molecular weight is 430 g/mol. The van der Waals surface area contributed by atoms with Crippen LogP contribution in [0.15, 0.2) is 60.4 Å². The van der Waals surface area contributed by atoms with Gasteiger partial charge in [0.25, 0.3) is 5.91 Å². The fourth-order valence-electron chi connectivity index (χ4n) is 4.52. The van der Waals surface area contributed by atoms with Crippen molar-refractivity contribution in [3.05, 3.63) is 77.4 Å². The summed E-state index contributed by atoms with van der Waals surface area (Å²) in [5.74, 6) is 0.979. The molecule has 6 heteroatoms. The fraction of sp³-hybridized carbons (Fsp3) is 0.308. The summed E-state index contributed by atoms with van der Waals surface area (Å²) in [6, 6.07) is 14.1. The SMILES string of the molecule is CCOC(O)C1=Cc2cc(-c3ccc(C(=O)N4CCCC4)cc3)ccc2-n2ccnc2C1. The van der Waals surface area contributed by atoms with Crippen molar-refractivity contribution in [2.24, 2.45) is 0 Å². The van der Waals surface area contributed by atoms with Crippen molar-refractivity contribution < 1.29 is 14.6 Å². The topological polar surface area (TPSA) is 67.6 Å². The van der Waals surface area contributed by atoms with Gasteiger partial charge in [0, 0.05) is 44.1 Å². The number of nitrogens with zero attached hydrogens (tertiary/aromatic N) is 3. The summed E-state index contributed by atoms with van der Waals surface area (Å²) in [5.41, 5.74) is 5.61. The highest BCUT2D eigenvalue weighted by molar-refractivity contribution is 5.95. The summed E-state index contributed by atoms with van der Waals surface area (Å²) in [5, 5.41) is 10.5. The second kappa shape index (κ2) is 8.73. The number of amides is 1. The van der Waals surface area contributed by atoms with E-state index in [0.717, 1.165) is 65.3 Å². The van der Waals surface area contributed by atoms with Gasteiger partial charge in [-0.05, 0) is 72.4 Å². The highest BCUT2D eigenvalue weighted by Crippen LogP contribution is 2.31. The lowest BCUT2D eigenvalue weighted by Crippen LogP contribution is -2.27. The van der Waals surface area contributed by atoms with Crippen LogP contribution in [0, 0.1) is 0 Å². The van der Waals surface area contributed by atoms with Crippen LogP contribution in [0.4, 0.5) is 0 Å². The third kappa shape index (κ3) is 3.87. The Morgan fingerprint density at radius 1 is 1.12 bits per heavy atom. The van der Waals surface area contributed by atoms with Crippen LogP contribution in [0.3, 0.4) is 0 Å². The lowest BCUT2D eigenvalue weighted by atomic mass is 9.99. The zero-order chi connectivity index (χ0) is 22.1. The predicted octanol–water partition coefficient (Wildman–Crippen LogP) is 4.07. The van der Waals surface area contributed by atoms with Crippen molar-refractivity contribution in [2.75, 3.05) is 19.7 Å². The second-order valence-electron chi connectivity index (χ2n) is 8.27. The van der Waals surface area contributed by atoms with E-state index in [1.807, 2.05) is 48.4 Å². The molecule has 3 heterocycles. The smallest absolute Gasteiger partial charge is 0.253 e. The third-order valence-corrected chi connectivity index (χ3v) is 6.21. The number of rotatable bonds is 5. The molecule has 0 bridgehead atoms. The normalized spacial score (nSPS) is 16.2. The van der Waals surface area contributed by atoms with Gasteiger partial charge in [0.15, 0.2) is 6.29 Å². The van der Waals surface area contributed by atoms with Gasteiger partial charge in [-0.2, -0.15) is 0 Å². The molecular weight excluding hydrogens is 402 g/mol. The van der Waals surface area contributed by atoms with Crippen LogP contribution in [0.1, 0.15) is 41.5 Å². The first-order valence-corrected chi connectivity index (χ1v) is 11.2. The summed E-state index contributed by atoms with van der Waals surface area (Å²) in [6.45, 7) is 4.00.